The molecule has 5 rings (SSSR count). The normalized spacial score (nSPS) is 22.8. The number of nitrogens with zero attached hydrogens (tertiary/aromatic N) is 5. The molecule has 2 N–H and O–H groups in total. The van der Waals surface area contributed by atoms with Gasteiger partial charge in [0.25, 0.3) is 0 Å². The van der Waals surface area contributed by atoms with Crippen LogP contribution in [-0.4, -0.2) is 73.9 Å². The van der Waals surface area contributed by atoms with Crippen molar-refractivity contribution < 1.29 is 14.2 Å². The Kier molecular flexibility index (Phi) is 6.65. The molecule has 1 aromatic carbocycles. The van der Waals surface area contributed by atoms with Crippen molar-refractivity contribution in [3.8, 4) is 0 Å². The molecule has 0 saturated carbocycles. The molecule has 188 valence electrons. The number of hydrogen-bond donors (Lipinski definition) is 2. The Labute approximate surface area is 213 Å². The van der Waals surface area contributed by atoms with Gasteiger partial charge < -0.3 is 15.2 Å². The van der Waals surface area contributed by atoms with Gasteiger partial charge in [-0.2, -0.15) is 5.10 Å². The van der Waals surface area contributed by atoms with E-state index in [0.29, 0.717) is 59.5 Å². The minimum atomic E-state index is -1.01. The van der Waals surface area contributed by atoms with Gasteiger partial charge in [-0.3, -0.25) is 4.90 Å². The highest BCUT2D eigenvalue weighted by molar-refractivity contribution is 6.32. The summed E-state index contributed by atoms with van der Waals surface area (Å²) in [6.45, 7) is 7.80. The van der Waals surface area contributed by atoms with Gasteiger partial charge in [0, 0.05) is 29.1 Å². The van der Waals surface area contributed by atoms with Crippen LogP contribution in [0.15, 0.2) is 24.5 Å². The van der Waals surface area contributed by atoms with E-state index in [2.05, 4.69) is 25.3 Å². The number of benzene rings is 1. The molecule has 3 aromatic rings. The predicted octanol–water partition coefficient (Wildman–Crippen LogP) is 4.73. The number of halogens is 3. The lowest BCUT2D eigenvalue weighted by atomic mass is 9.86. The minimum Gasteiger partial charge on any atom is -0.388 e. The zero-order valence-electron chi connectivity index (χ0n) is 19.9. The van der Waals surface area contributed by atoms with Crippen LogP contribution in [0, 0.1) is 0 Å². The number of nitrogens with one attached hydrogen (secondary N) is 1. The number of fused-ring (bicyclic) bond motifs is 1. The number of likely N-dealkylation sites (tertiary alicyclic amines) is 1. The lowest BCUT2D eigenvalue weighted by molar-refractivity contribution is -0.0806. The van der Waals surface area contributed by atoms with Crippen molar-refractivity contribution in [2.45, 2.75) is 57.0 Å². The summed E-state index contributed by atoms with van der Waals surface area (Å²) in [6.07, 6.45) is 2.92. The Morgan fingerprint density at radius 3 is 2.69 bits per heavy atom. The number of anilines is 2. The monoisotopic (exact) mass is 522 g/mol. The average Bonchev–Trinajstić information content (AvgIpc) is 3.11. The van der Waals surface area contributed by atoms with E-state index in [0.717, 1.165) is 17.5 Å². The molecule has 2 fully saturated rings. The second-order valence-corrected chi connectivity index (χ2v) is 10.7. The van der Waals surface area contributed by atoms with E-state index in [-0.39, 0.29) is 12.0 Å². The van der Waals surface area contributed by atoms with Crippen LogP contribution in [0.25, 0.3) is 10.9 Å². The fourth-order valence-electron chi connectivity index (χ4n) is 4.58. The third kappa shape index (κ3) is 4.84. The number of piperidine rings is 1. The highest BCUT2D eigenvalue weighted by Crippen LogP contribution is 2.38. The molecule has 0 radical (unpaired) electrons. The molecule has 4 heterocycles. The van der Waals surface area contributed by atoms with Gasteiger partial charge in [-0.15, -0.1) is 0 Å². The van der Waals surface area contributed by atoms with E-state index < -0.39 is 11.8 Å². The topological polar surface area (TPSA) is 88.3 Å². The summed E-state index contributed by atoms with van der Waals surface area (Å²) < 4.78 is 22.0. The maximum Gasteiger partial charge on any atom is 0.227 e. The lowest BCUT2D eigenvalue weighted by Crippen LogP contribution is -2.54. The second-order valence-electron chi connectivity index (χ2n) is 9.97. The quantitative estimate of drug-likeness (QED) is 0.483. The maximum atomic E-state index is 15.2. The smallest absolute Gasteiger partial charge is 0.227 e. The van der Waals surface area contributed by atoms with E-state index in [4.69, 9.17) is 27.9 Å². The van der Waals surface area contributed by atoms with Gasteiger partial charge >= 0.3 is 0 Å². The van der Waals surface area contributed by atoms with Gasteiger partial charge in [-0.05, 0) is 51.4 Å². The highest BCUT2D eigenvalue weighted by Gasteiger charge is 2.36. The first-order valence-corrected chi connectivity index (χ1v) is 12.5. The molecule has 3 atom stereocenters. The summed E-state index contributed by atoms with van der Waals surface area (Å²) >= 11 is 13.1. The van der Waals surface area contributed by atoms with Gasteiger partial charge in [0.2, 0.25) is 5.95 Å². The van der Waals surface area contributed by atoms with Crippen LogP contribution < -0.4 is 5.32 Å². The van der Waals surface area contributed by atoms with Gasteiger partial charge in [0.05, 0.1) is 48.3 Å². The van der Waals surface area contributed by atoms with E-state index >= 15 is 4.39 Å². The minimum absolute atomic E-state index is 0.286. The molecule has 2 aliphatic heterocycles. The van der Waals surface area contributed by atoms with Crippen molar-refractivity contribution in [1.29, 1.82) is 0 Å². The SMILES string of the molecule is CC(n1ncc(Nc2ncc3cc(Cl)c([C@@H]4CCN(C5COC5)C[C@H]4F)cc3n2)c1Cl)C(C)(C)O. The van der Waals surface area contributed by atoms with Crippen molar-refractivity contribution in [2.75, 3.05) is 31.6 Å². The van der Waals surface area contributed by atoms with Crippen LogP contribution in [0.4, 0.5) is 16.0 Å². The molecule has 2 aromatic heterocycles. The summed E-state index contributed by atoms with van der Waals surface area (Å²) in [5, 5.41) is 19.3. The molecule has 11 heteroatoms. The van der Waals surface area contributed by atoms with Crippen LogP contribution in [0.5, 0.6) is 0 Å². The number of alkyl halides is 1. The highest BCUT2D eigenvalue weighted by atomic mass is 35.5. The Morgan fingerprint density at radius 1 is 1.26 bits per heavy atom. The summed E-state index contributed by atoms with van der Waals surface area (Å²) in [5.74, 6) is 0.0475. The molecule has 0 aliphatic carbocycles. The maximum absolute atomic E-state index is 15.2. The third-order valence-electron chi connectivity index (χ3n) is 7.18. The lowest BCUT2D eigenvalue weighted by Gasteiger charge is -2.43. The number of ether oxygens (including phenoxy) is 1. The Morgan fingerprint density at radius 2 is 2.03 bits per heavy atom. The summed E-state index contributed by atoms with van der Waals surface area (Å²) in [4.78, 5) is 11.2. The fraction of sp³-hybridized carbons (Fsp3) is 0.542. The van der Waals surface area contributed by atoms with Crippen molar-refractivity contribution in [1.82, 2.24) is 24.6 Å². The molecule has 2 aliphatic rings. The fourth-order valence-corrected chi connectivity index (χ4v) is 5.18. The molecule has 35 heavy (non-hydrogen) atoms. The first kappa shape index (κ1) is 24.6. The van der Waals surface area contributed by atoms with Crippen molar-refractivity contribution in [3.05, 3.63) is 40.3 Å². The van der Waals surface area contributed by atoms with Crippen LogP contribution in [0.1, 0.15) is 44.7 Å². The average molecular weight is 523 g/mol. The first-order valence-electron chi connectivity index (χ1n) is 11.8. The van der Waals surface area contributed by atoms with Gasteiger partial charge in [-0.25, -0.2) is 19.0 Å². The molecule has 8 nitrogen and oxygen atoms in total. The Balaban J connectivity index is 1.38. The number of aromatic nitrogens is 4. The molecule has 0 spiro atoms. The molecular formula is C24H29Cl2FN6O2. The van der Waals surface area contributed by atoms with Crippen LogP contribution >= 0.6 is 23.2 Å². The number of rotatable bonds is 6. The third-order valence-corrected chi connectivity index (χ3v) is 7.88. The van der Waals surface area contributed by atoms with Crippen molar-refractivity contribution in [3.63, 3.8) is 0 Å². The van der Waals surface area contributed by atoms with E-state index in [1.165, 1.54) is 0 Å². The van der Waals surface area contributed by atoms with E-state index in [9.17, 15) is 5.11 Å². The van der Waals surface area contributed by atoms with Gasteiger partial charge in [0.15, 0.2) is 5.15 Å². The zero-order valence-corrected chi connectivity index (χ0v) is 21.4. The van der Waals surface area contributed by atoms with Crippen LogP contribution in [-0.2, 0) is 4.74 Å². The molecule has 0 bridgehead atoms. The number of hydrogen-bond acceptors (Lipinski definition) is 7. The second kappa shape index (κ2) is 9.44. The number of aliphatic hydroxyl groups is 1. The van der Waals surface area contributed by atoms with E-state index in [1.807, 2.05) is 13.0 Å². The molecule has 0 amide bonds. The summed E-state index contributed by atoms with van der Waals surface area (Å²) in [7, 11) is 0. The molecule has 1 unspecified atom stereocenters. The molecule has 2 saturated heterocycles. The van der Waals surface area contributed by atoms with Crippen LogP contribution in [0.2, 0.25) is 10.2 Å². The van der Waals surface area contributed by atoms with Gasteiger partial charge in [-0.1, -0.05) is 23.2 Å². The van der Waals surface area contributed by atoms with Crippen molar-refractivity contribution in [2.24, 2.45) is 0 Å². The zero-order chi connectivity index (χ0) is 24.9. The largest absolute Gasteiger partial charge is 0.388 e. The Hall–Kier alpha value is -2.04. The van der Waals surface area contributed by atoms with Gasteiger partial charge in [0.1, 0.15) is 6.17 Å². The summed E-state index contributed by atoms with van der Waals surface area (Å²) in [6, 6.07) is 3.64. The van der Waals surface area contributed by atoms with E-state index in [1.54, 1.807) is 37.0 Å². The summed E-state index contributed by atoms with van der Waals surface area (Å²) in [5.41, 5.74) is 0.952. The van der Waals surface area contributed by atoms with Crippen LogP contribution in [0.3, 0.4) is 0 Å². The first-order chi connectivity index (χ1) is 16.6. The predicted molar refractivity (Wildman–Crippen MR) is 135 cm³/mol. The molecular weight excluding hydrogens is 494 g/mol. The van der Waals surface area contributed by atoms with Crippen molar-refractivity contribution >= 4 is 45.7 Å². The Bertz CT molecular complexity index is 1230. The standard InChI is InChI=1S/C24H29Cl2FN6O2/c1-13(24(2,3)34)33-22(26)21(9-29-33)31-23-28-8-14-6-18(25)17(7-20(14)30-23)16-4-5-32(10-19(16)27)15-11-35-12-15/h6-9,13,15-16,19,34H,4-5,10-12H2,1-3H3,(H,28,30,31)/t13?,16-,19+/m0/s1.